The predicted molar refractivity (Wildman–Crippen MR) is 62.0 cm³/mol. The fourth-order valence-electron chi connectivity index (χ4n) is 1.12. The minimum absolute atomic E-state index is 0.197. The number of hydrogen-bond acceptors (Lipinski definition) is 8. The molecule has 11 heteroatoms. The molecule has 106 valence electrons. The van der Waals surface area contributed by atoms with Crippen LogP contribution in [0.4, 0.5) is 13.2 Å². The van der Waals surface area contributed by atoms with Crippen LogP contribution >= 0.6 is 11.8 Å². The average Bonchev–Trinajstić information content (AvgIpc) is 2.45. The van der Waals surface area contributed by atoms with Crippen molar-refractivity contribution in [2.24, 2.45) is 0 Å². The standard InChI is InChI=1S/C9H7F3N6OS/c1-20-8-16-6(3-14-18-8)5-2-13-17-7(15-5)19-4-9(10,11)12/h2-3H,4H2,1H3. The Balaban J connectivity index is 2.20. The van der Waals surface area contributed by atoms with Gasteiger partial charge in [-0.2, -0.15) is 28.4 Å². The predicted octanol–water partition coefficient (Wildman–Crippen LogP) is 1.39. The molecule has 2 heterocycles. The normalized spacial score (nSPS) is 11.4. The van der Waals surface area contributed by atoms with E-state index in [4.69, 9.17) is 0 Å². The highest BCUT2D eigenvalue weighted by atomic mass is 32.2. The van der Waals surface area contributed by atoms with Crippen LogP contribution in [0.1, 0.15) is 0 Å². The number of aromatic nitrogens is 6. The molecular formula is C9H7F3N6OS. The van der Waals surface area contributed by atoms with Gasteiger partial charge >= 0.3 is 12.2 Å². The van der Waals surface area contributed by atoms with Crippen molar-refractivity contribution in [1.82, 2.24) is 30.4 Å². The lowest BCUT2D eigenvalue weighted by Gasteiger charge is -2.07. The highest BCUT2D eigenvalue weighted by Crippen LogP contribution is 2.18. The molecule has 2 aromatic heterocycles. The highest BCUT2D eigenvalue weighted by molar-refractivity contribution is 7.98. The minimum Gasteiger partial charge on any atom is -0.453 e. The van der Waals surface area contributed by atoms with Gasteiger partial charge in [-0.05, 0) is 6.26 Å². The smallest absolute Gasteiger partial charge is 0.422 e. The van der Waals surface area contributed by atoms with Crippen molar-refractivity contribution in [3.63, 3.8) is 0 Å². The number of thioether (sulfide) groups is 1. The summed E-state index contributed by atoms with van der Waals surface area (Å²) in [5, 5.41) is 14.7. The Morgan fingerprint density at radius 2 is 1.75 bits per heavy atom. The molecule has 0 bridgehead atoms. The third kappa shape index (κ3) is 3.98. The van der Waals surface area contributed by atoms with Crippen molar-refractivity contribution in [3.8, 4) is 17.4 Å². The molecule has 2 rings (SSSR count). The van der Waals surface area contributed by atoms with Gasteiger partial charge in [0, 0.05) is 0 Å². The lowest BCUT2D eigenvalue weighted by atomic mass is 10.3. The average molecular weight is 304 g/mol. The number of rotatable bonds is 4. The Kier molecular flexibility index (Phi) is 4.27. The topological polar surface area (TPSA) is 86.6 Å². The summed E-state index contributed by atoms with van der Waals surface area (Å²) in [6.45, 7) is -1.49. The molecule has 0 aliphatic heterocycles. The zero-order chi connectivity index (χ0) is 14.6. The van der Waals surface area contributed by atoms with Crippen LogP contribution < -0.4 is 4.74 Å². The molecule has 0 saturated carbocycles. The lowest BCUT2D eigenvalue weighted by Crippen LogP contribution is -2.20. The van der Waals surface area contributed by atoms with Crippen LogP contribution in [0.2, 0.25) is 0 Å². The van der Waals surface area contributed by atoms with Gasteiger partial charge in [0.15, 0.2) is 6.61 Å². The van der Waals surface area contributed by atoms with Crippen LogP contribution in [0.25, 0.3) is 11.4 Å². The third-order valence-electron chi connectivity index (χ3n) is 1.89. The zero-order valence-corrected chi connectivity index (χ0v) is 10.8. The molecule has 0 atom stereocenters. The van der Waals surface area contributed by atoms with E-state index in [9.17, 15) is 13.2 Å². The molecule has 0 fully saturated rings. The van der Waals surface area contributed by atoms with E-state index < -0.39 is 18.8 Å². The van der Waals surface area contributed by atoms with Crippen molar-refractivity contribution in [3.05, 3.63) is 12.4 Å². The summed E-state index contributed by atoms with van der Waals surface area (Å²) < 4.78 is 40.5. The number of halogens is 3. The molecule has 0 spiro atoms. The van der Waals surface area contributed by atoms with Gasteiger partial charge in [-0.15, -0.1) is 5.10 Å². The van der Waals surface area contributed by atoms with Crippen LogP contribution in [-0.2, 0) is 0 Å². The second-order valence-electron chi connectivity index (χ2n) is 3.36. The zero-order valence-electron chi connectivity index (χ0n) is 10.00. The first kappa shape index (κ1) is 14.4. The maximum atomic E-state index is 12.0. The van der Waals surface area contributed by atoms with Gasteiger partial charge in [-0.3, -0.25) is 0 Å². The Labute approximate surface area is 115 Å². The number of hydrogen-bond donors (Lipinski definition) is 0. The van der Waals surface area contributed by atoms with Crippen LogP contribution in [0.15, 0.2) is 17.6 Å². The highest BCUT2D eigenvalue weighted by Gasteiger charge is 2.29. The number of nitrogens with zero attached hydrogens (tertiary/aromatic N) is 6. The summed E-state index contributed by atoms with van der Waals surface area (Å²) in [7, 11) is 0. The van der Waals surface area contributed by atoms with E-state index in [2.05, 4.69) is 35.1 Å². The lowest BCUT2D eigenvalue weighted by molar-refractivity contribution is -0.154. The minimum atomic E-state index is -4.47. The van der Waals surface area contributed by atoms with Gasteiger partial charge in [0.2, 0.25) is 5.16 Å². The molecule has 2 aromatic rings. The van der Waals surface area contributed by atoms with Gasteiger partial charge in [0.1, 0.15) is 11.4 Å². The van der Waals surface area contributed by atoms with Crippen molar-refractivity contribution in [2.45, 2.75) is 11.3 Å². The fourth-order valence-corrected chi connectivity index (χ4v) is 1.43. The quantitative estimate of drug-likeness (QED) is 0.783. The van der Waals surface area contributed by atoms with Gasteiger partial charge < -0.3 is 4.74 Å². The first-order valence-corrected chi connectivity index (χ1v) is 6.34. The Hall–Kier alpha value is -2.04. The molecule has 0 radical (unpaired) electrons. The van der Waals surface area contributed by atoms with E-state index >= 15 is 0 Å². The fraction of sp³-hybridized carbons (Fsp3) is 0.333. The van der Waals surface area contributed by atoms with E-state index in [1.165, 1.54) is 24.2 Å². The van der Waals surface area contributed by atoms with Crippen molar-refractivity contribution < 1.29 is 17.9 Å². The Morgan fingerprint density at radius 3 is 2.40 bits per heavy atom. The molecular weight excluding hydrogens is 297 g/mol. The summed E-state index contributed by atoms with van der Waals surface area (Å²) in [6.07, 6.45) is -0.148. The third-order valence-corrected chi connectivity index (χ3v) is 2.43. The second-order valence-corrected chi connectivity index (χ2v) is 4.13. The molecule has 0 unspecified atom stereocenters. The Morgan fingerprint density at radius 1 is 1.10 bits per heavy atom. The van der Waals surface area contributed by atoms with Gasteiger partial charge in [0.05, 0.1) is 12.4 Å². The monoisotopic (exact) mass is 304 g/mol. The van der Waals surface area contributed by atoms with E-state index in [1.54, 1.807) is 6.26 Å². The molecule has 7 nitrogen and oxygen atoms in total. The molecule has 20 heavy (non-hydrogen) atoms. The van der Waals surface area contributed by atoms with E-state index in [-0.39, 0.29) is 5.69 Å². The summed E-state index contributed by atoms with van der Waals surface area (Å²) in [5.41, 5.74) is 0.512. The summed E-state index contributed by atoms with van der Waals surface area (Å²) in [5.74, 6) is 0. The molecule has 0 saturated heterocycles. The largest absolute Gasteiger partial charge is 0.453 e. The summed E-state index contributed by atoms with van der Waals surface area (Å²) in [4.78, 5) is 7.88. The van der Waals surface area contributed by atoms with Crippen LogP contribution in [0.3, 0.4) is 0 Å². The number of alkyl halides is 3. The first-order chi connectivity index (χ1) is 9.48. The van der Waals surface area contributed by atoms with Gasteiger partial charge in [-0.25, -0.2) is 4.98 Å². The maximum Gasteiger partial charge on any atom is 0.422 e. The van der Waals surface area contributed by atoms with Gasteiger partial charge in [0.25, 0.3) is 0 Å². The van der Waals surface area contributed by atoms with Crippen molar-refractivity contribution in [1.29, 1.82) is 0 Å². The van der Waals surface area contributed by atoms with Crippen LogP contribution in [0, 0.1) is 0 Å². The van der Waals surface area contributed by atoms with E-state index in [0.717, 1.165) is 0 Å². The number of ether oxygens (including phenoxy) is 1. The molecule has 0 N–H and O–H groups in total. The summed E-state index contributed by atoms with van der Waals surface area (Å²) in [6, 6.07) is -0.482. The second kappa shape index (κ2) is 5.94. The van der Waals surface area contributed by atoms with Gasteiger partial charge in [-0.1, -0.05) is 16.9 Å². The SMILES string of the molecule is CSc1nncc(-c2cnnc(OCC(F)(F)F)n2)n1. The van der Waals surface area contributed by atoms with Crippen LogP contribution in [0.5, 0.6) is 6.01 Å². The Bertz CT molecular complexity index is 596. The summed E-state index contributed by atoms with van der Waals surface area (Å²) >= 11 is 1.27. The van der Waals surface area contributed by atoms with Crippen molar-refractivity contribution >= 4 is 11.8 Å². The molecule has 0 aromatic carbocycles. The first-order valence-electron chi connectivity index (χ1n) is 5.11. The van der Waals surface area contributed by atoms with Crippen LogP contribution in [-0.4, -0.2) is 49.4 Å². The maximum absolute atomic E-state index is 12.0. The molecule has 0 aliphatic carbocycles. The van der Waals surface area contributed by atoms with Crippen molar-refractivity contribution in [2.75, 3.05) is 12.9 Å². The molecule has 0 aliphatic rings. The van der Waals surface area contributed by atoms with E-state index in [0.29, 0.717) is 10.9 Å². The van der Waals surface area contributed by atoms with E-state index in [1.807, 2.05) is 0 Å². The molecule has 0 amide bonds.